The quantitative estimate of drug-likeness (QED) is 0.629. The van der Waals surface area contributed by atoms with Gasteiger partial charge in [0.25, 0.3) is 0 Å². The van der Waals surface area contributed by atoms with Crippen molar-refractivity contribution in [1.29, 1.82) is 0 Å². The second-order valence-corrected chi connectivity index (χ2v) is 3.69. The third-order valence-corrected chi connectivity index (χ3v) is 2.60. The highest BCUT2D eigenvalue weighted by Gasteiger charge is 2.02. The predicted octanol–water partition coefficient (Wildman–Crippen LogP) is 3.77. The molecule has 0 bridgehead atoms. The Morgan fingerprint density at radius 3 is 2.62 bits per heavy atom. The number of benzene rings is 2. The first-order valence-corrected chi connectivity index (χ1v) is 5.08. The van der Waals surface area contributed by atoms with Gasteiger partial charge in [0.2, 0.25) is 0 Å². The molecule has 0 aliphatic rings. The SMILES string of the molecule is Fc1ccc(-c2cc3[c]cccc3[nH]2)cc1. The molecule has 2 aromatic carbocycles. The molecule has 2 heteroatoms. The van der Waals surface area contributed by atoms with Gasteiger partial charge in [-0.3, -0.25) is 0 Å². The van der Waals surface area contributed by atoms with Crippen LogP contribution < -0.4 is 0 Å². The lowest BCUT2D eigenvalue weighted by atomic mass is 10.1. The van der Waals surface area contributed by atoms with Crippen LogP contribution in [0, 0.1) is 11.9 Å². The Labute approximate surface area is 92.5 Å². The Balaban J connectivity index is 2.15. The van der Waals surface area contributed by atoms with Crippen molar-refractivity contribution in [1.82, 2.24) is 4.98 Å². The summed E-state index contributed by atoms with van der Waals surface area (Å²) in [6.45, 7) is 0. The molecule has 16 heavy (non-hydrogen) atoms. The number of nitrogens with one attached hydrogen (secondary N) is 1. The van der Waals surface area contributed by atoms with Crippen LogP contribution >= 0.6 is 0 Å². The standard InChI is InChI=1S/C14H9FN/c15-12-7-5-10(6-8-12)14-9-11-3-1-2-4-13(11)16-14/h1-2,4-9,16H. The number of aromatic amines is 1. The van der Waals surface area contributed by atoms with Gasteiger partial charge in [-0.05, 0) is 48.0 Å². The van der Waals surface area contributed by atoms with Crippen molar-refractivity contribution in [3.63, 3.8) is 0 Å². The lowest BCUT2D eigenvalue weighted by Gasteiger charge is -1.96. The molecule has 0 saturated carbocycles. The van der Waals surface area contributed by atoms with Crippen LogP contribution in [0.3, 0.4) is 0 Å². The molecule has 3 rings (SSSR count). The fourth-order valence-electron chi connectivity index (χ4n) is 1.79. The molecule has 0 spiro atoms. The zero-order valence-corrected chi connectivity index (χ0v) is 8.50. The number of hydrogen-bond donors (Lipinski definition) is 1. The topological polar surface area (TPSA) is 15.8 Å². The van der Waals surface area contributed by atoms with E-state index in [1.54, 1.807) is 12.1 Å². The molecular weight excluding hydrogens is 201 g/mol. The van der Waals surface area contributed by atoms with E-state index in [4.69, 9.17) is 0 Å². The minimum atomic E-state index is -0.216. The average molecular weight is 210 g/mol. The molecule has 77 valence electrons. The number of halogens is 1. The third kappa shape index (κ3) is 1.48. The molecule has 1 nitrogen and oxygen atoms in total. The van der Waals surface area contributed by atoms with Crippen molar-refractivity contribution in [2.24, 2.45) is 0 Å². The highest BCUT2D eigenvalue weighted by molar-refractivity contribution is 5.85. The van der Waals surface area contributed by atoms with Crippen LogP contribution in [0.2, 0.25) is 0 Å². The van der Waals surface area contributed by atoms with Crippen LogP contribution in [0.15, 0.2) is 48.5 Å². The van der Waals surface area contributed by atoms with E-state index in [0.717, 1.165) is 22.2 Å². The van der Waals surface area contributed by atoms with Gasteiger partial charge in [0.05, 0.1) is 0 Å². The van der Waals surface area contributed by atoms with Crippen LogP contribution in [0.1, 0.15) is 0 Å². The summed E-state index contributed by atoms with van der Waals surface area (Å²) in [6.07, 6.45) is 0. The lowest BCUT2D eigenvalue weighted by Crippen LogP contribution is -1.77. The molecule has 0 amide bonds. The van der Waals surface area contributed by atoms with Gasteiger partial charge in [-0.15, -0.1) is 0 Å². The molecule has 1 N–H and O–H groups in total. The molecule has 0 aliphatic carbocycles. The summed E-state index contributed by atoms with van der Waals surface area (Å²) in [4.78, 5) is 3.28. The molecule has 0 saturated heterocycles. The number of aromatic nitrogens is 1. The Morgan fingerprint density at radius 1 is 1.06 bits per heavy atom. The number of hydrogen-bond acceptors (Lipinski definition) is 0. The molecule has 1 aromatic heterocycles. The van der Waals surface area contributed by atoms with Crippen molar-refractivity contribution < 1.29 is 4.39 Å². The number of fused-ring (bicyclic) bond motifs is 1. The van der Waals surface area contributed by atoms with Gasteiger partial charge in [-0.1, -0.05) is 12.1 Å². The largest absolute Gasteiger partial charge is 0.355 e. The summed E-state index contributed by atoms with van der Waals surface area (Å²) in [7, 11) is 0. The Hall–Kier alpha value is -2.09. The van der Waals surface area contributed by atoms with Gasteiger partial charge >= 0.3 is 0 Å². The summed E-state index contributed by atoms with van der Waals surface area (Å²) < 4.78 is 12.8. The smallest absolute Gasteiger partial charge is 0.123 e. The first kappa shape index (κ1) is 9.16. The first-order valence-electron chi connectivity index (χ1n) is 5.08. The molecule has 3 aromatic rings. The average Bonchev–Trinajstić information content (AvgIpc) is 2.73. The van der Waals surface area contributed by atoms with Gasteiger partial charge in [0.15, 0.2) is 0 Å². The fourth-order valence-corrected chi connectivity index (χ4v) is 1.79. The Morgan fingerprint density at radius 2 is 1.88 bits per heavy atom. The van der Waals surface area contributed by atoms with Crippen LogP contribution in [0.4, 0.5) is 4.39 Å². The summed E-state index contributed by atoms with van der Waals surface area (Å²) in [6, 6.07) is 17.4. The van der Waals surface area contributed by atoms with Crippen LogP contribution in [0.25, 0.3) is 22.2 Å². The Kier molecular flexibility index (Phi) is 2.00. The summed E-state index contributed by atoms with van der Waals surface area (Å²) in [5.74, 6) is -0.216. The van der Waals surface area contributed by atoms with Gasteiger partial charge in [-0.25, -0.2) is 4.39 Å². The Bertz CT molecular complexity index is 590. The van der Waals surface area contributed by atoms with E-state index in [9.17, 15) is 4.39 Å². The monoisotopic (exact) mass is 210 g/mol. The van der Waals surface area contributed by atoms with Gasteiger partial charge in [0.1, 0.15) is 5.82 Å². The van der Waals surface area contributed by atoms with Crippen LogP contribution in [-0.2, 0) is 0 Å². The van der Waals surface area contributed by atoms with Crippen molar-refractivity contribution in [3.8, 4) is 11.3 Å². The van der Waals surface area contributed by atoms with Crippen LogP contribution in [-0.4, -0.2) is 4.98 Å². The van der Waals surface area contributed by atoms with E-state index >= 15 is 0 Å². The van der Waals surface area contributed by atoms with Gasteiger partial charge in [-0.2, -0.15) is 0 Å². The van der Waals surface area contributed by atoms with E-state index in [1.165, 1.54) is 12.1 Å². The molecule has 1 heterocycles. The van der Waals surface area contributed by atoms with Crippen molar-refractivity contribution in [2.45, 2.75) is 0 Å². The first-order chi connectivity index (χ1) is 7.83. The van der Waals surface area contributed by atoms with Crippen LogP contribution in [0.5, 0.6) is 0 Å². The second-order valence-electron chi connectivity index (χ2n) is 3.69. The van der Waals surface area contributed by atoms with E-state index in [0.29, 0.717) is 0 Å². The summed E-state index contributed by atoms with van der Waals surface area (Å²) in [5, 5.41) is 1.04. The molecule has 0 aliphatic heterocycles. The molecule has 0 atom stereocenters. The maximum atomic E-state index is 12.8. The molecule has 1 radical (unpaired) electrons. The zero-order valence-electron chi connectivity index (χ0n) is 8.50. The normalized spacial score (nSPS) is 10.8. The van der Waals surface area contributed by atoms with E-state index in [1.807, 2.05) is 24.3 Å². The van der Waals surface area contributed by atoms with Gasteiger partial charge < -0.3 is 4.98 Å². The predicted molar refractivity (Wildman–Crippen MR) is 62.5 cm³/mol. The zero-order chi connectivity index (χ0) is 11.0. The summed E-state index contributed by atoms with van der Waals surface area (Å²) >= 11 is 0. The molecule has 0 fully saturated rings. The highest BCUT2D eigenvalue weighted by atomic mass is 19.1. The fraction of sp³-hybridized carbons (Fsp3) is 0. The highest BCUT2D eigenvalue weighted by Crippen LogP contribution is 2.23. The van der Waals surface area contributed by atoms with E-state index < -0.39 is 0 Å². The maximum Gasteiger partial charge on any atom is 0.123 e. The third-order valence-electron chi connectivity index (χ3n) is 2.60. The van der Waals surface area contributed by atoms with Crippen molar-refractivity contribution in [2.75, 3.05) is 0 Å². The lowest BCUT2D eigenvalue weighted by molar-refractivity contribution is 0.628. The number of H-pyrrole nitrogens is 1. The minimum absolute atomic E-state index is 0.216. The van der Waals surface area contributed by atoms with Gasteiger partial charge in [0, 0.05) is 16.6 Å². The van der Waals surface area contributed by atoms with Crippen molar-refractivity contribution >= 4 is 10.9 Å². The molecule has 0 unspecified atom stereocenters. The van der Waals surface area contributed by atoms with E-state index in [2.05, 4.69) is 11.1 Å². The van der Waals surface area contributed by atoms with Crippen molar-refractivity contribution in [3.05, 3.63) is 60.4 Å². The second kappa shape index (κ2) is 3.49. The minimum Gasteiger partial charge on any atom is -0.355 e. The summed E-state index contributed by atoms with van der Waals surface area (Å²) in [5.41, 5.74) is 3.00. The van der Waals surface area contributed by atoms with E-state index in [-0.39, 0.29) is 5.82 Å². The maximum absolute atomic E-state index is 12.8. The number of rotatable bonds is 1. The molecular formula is C14H9FN.